The van der Waals surface area contributed by atoms with E-state index in [0.29, 0.717) is 31.2 Å². The average Bonchev–Trinajstić information content (AvgIpc) is 2.77. The van der Waals surface area contributed by atoms with Gasteiger partial charge in [0.05, 0.1) is 22.9 Å². The molecule has 19 heavy (non-hydrogen) atoms. The fraction of sp³-hybridized carbons (Fsp3) is 0.500. The first-order chi connectivity index (χ1) is 9.10. The Balaban J connectivity index is 2.71. The molecule has 1 amide bonds. The average molecular weight is 280 g/mol. The second kappa shape index (κ2) is 7.95. The smallest absolute Gasteiger partial charge is 0.263 e. The maximum Gasteiger partial charge on any atom is 0.263 e. The van der Waals surface area contributed by atoms with Gasteiger partial charge < -0.3 is 15.4 Å². The maximum absolute atomic E-state index is 12.2. The molecular weight excluding hydrogens is 260 g/mol. The van der Waals surface area contributed by atoms with Gasteiger partial charge in [0.2, 0.25) is 0 Å². The standard InChI is InChI=1S/C14H20N2O2S/c1-4-18-9-8-16(3)14(17)13-10-11(2)12(19-13)6-5-7-15/h10H,4,7-9,15H2,1-3H3. The minimum Gasteiger partial charge on any atom is -0.380 e. The van der Waals surface area contributed by atoms with Crippen molar-refractivity contribution in [1.82, 2.24) is 4.90 Å². The number of carbonyl (C=O) groups excluding carboxylic acids is 1. The predicted molar refractivity (Wildman–Crippen MR) is 78.4 cm³/mol. The molecule has 0 aromatic carbocycles. The second-order valence-corrected chi connectivity index (χ2v) is 5.10. The molecule has 0 bridgehead atoms. The van der Waals surface area contributed by atoms with E-state index in [4.69, 9.17) is 10.5 Å². The summed E-state index contributed by atoms with van der Waals surface area (Å²) in [5.41, 5.74) is 6.37. The predicted octanol–water partition coefficient (Wildman–Crippen LogP) is 1.48. The fourth-order valence-electron chi connectivity index (χ4n) is 1.48. The zero-order valence-electron chi connectivity index (χ0n) is 11.7. The monoisotopic (exact) mass is 280 g/mol. The van der Waals surface area contributed by atoms with Gasteiger partial charge in [0.25, 0.3) is 5.91 Å². The number of amides is 1. The molecule has 0 spiro atoms. The number of hydrogen-bond acceptors (Lipinski definition) is 4. The van der Waals surface area contributed by atoms with E-state index in [9.17, 15) is 4.79 Å². The van der Waals surface area contributed by atoms with Crippen molar-refractivity contribution in [3.05, 3.63) is 21.4 Å². The Morgan fingerprint density at radius 1 is 1.58 bits per heavy atom. The summed E-state index contributed by atoms with van der Waals surface area (Å²) < 4.78 is 5.25. The lowest BCUT2D eigenvalue weighted by atomic mass is 10.2. The van der Waals surface area contributed by atoms with Crippen LogP contribution in [0.2, 0.25) is 0 Å². The third-order valence-electron chi connectivity index (χ3n) is 2.55. The lowest BCUT2D eigenvalue weighted by Crippen LogP contribution is -2.29. The Morgan fingerprint density at radius 2 is 2.32 bits per heavy atom. The number of likely N-dealkylation sites (N-methyl/N-ethyl adjacent to an activating group) is 1. The van der Waals surface area contributed by atoms with Crippen LogP contribution in [0.15, 0.2) is 6.07 Å². The number of thiophene rings is 1. The zero-order chi connectivity index (χ0) is 14.3. The number of nitrogens with two attached hydrogens (primary N) is 1. The van der Waals surface area contributed by atoms with Gasteiger partial charge in [-0.2, -0.15) is 0 Å². The van der Waals surface area contributed by atoms with Gasteiger partial charge in [0.1, 0.15) is 0 Å². The topological polar surface area (TPSA) is 55.6 Å². The second-order valence-electron chi connectivity index (χ2n) is 4.05. The third-order valence-corrected chi connectivity index (χ3v) is 3.69. The van der Waals surface area contributed by atoms with E-state index in [2.05, 4.69) is 11.8 Å². The van der Waals surface area contributed by atoms with Crippen LogP contribution in [0, 0.1) is 18.8 Å². The molecule has 0 saturated carbocycles. The number of aryl methyl sites for hydroxylation is 1. The molecule has 1 rings (SSSR count). The molecule has 0 unspecified atom stereocenters. The van der Waals surface area contributed by atoms with Gasteiger partial charge in [-0.3, -0.25) is 4.79 Å². The molecular formula is C14H20N2O2S. The molecule has 5 heteroatoms. The molecule has 0 fully saturated rings. The van der Waals surface area contributed by atoms with Crippen molar-refractivity contribution in [3.8, 4) is 11.8 Å². The number of hydrogen-bond donors (Lipinski definition) is 1. The fourth-order valence-corrected chi connectivity index (χ4v) is 2.52. The minimum atomic E-state index is 0.00796. The molecule has 2 N–H and O–H groups in total. The van der Waals surface area contributed by atoms with Gasteiger partial charge in [-0.05, 0) is 25.5 Å². The van der Waals surface area contributed by atoms with Crippen LogP contribution in [0.25, 0.3) is 0 Å². The highest BCUT2D eigenvalue weighted by molar-refractivity contribution is 7.14. The quantitative estimate of drug-likeness (QED) is 0.656. The van der Waals surface area contributed by atoms with Crippen molar-refractivity contribution >= 4 is 17.2 Å². The van der Waals surface area contributed by atoms with Gasteiger partial charge in [-0.15, -0.1) is 11.3 Å². The summed E-state index contributed by atoms with van der Waals surface area (Å²) in [6.45, 7) is 6.03. The van der Waals surface area contributed by atoms with Crippen molar-refractivity contribution in [2.24, 2.45) is 5.73 Å². The maximum atomic E-state index is 12.2. The molecule has 4 nitrogen and oxygen atoms in total. The van der Waals surface area contributed by atoms with Crippen LogP contribution >= 0.6 is 11.3 Å². The van der Waals surface area contributed by atoms with E-state index in [-0.39, 0.29) is 5.91 Å². The summed E-state index contributed by atoms with van der Waals surface area (Å²) in [6.07, 6.45) is 0. The summed E-state index contributed by atoms with van der Waals surface area (Å²) in [6, 6.07) is 1.88. The molecule has 1 aromatic heterocycles. The Hall–Kier alpha value is -1.35. The number of ether oxygens (including phenoxy) is 1. The largest absolute Gasteiger partial charge is 0.380 e. The highest BCUT2D eigenvalue weighted by Gasteiger charge is 2.15. The van der Waals surface area contributed by atoms with E-state index in [1.165, 1.54) is 11.3 Å². The molecule has 104 valence electrons. The first-order valence-corrected chi connectivity index (χ1v) is 7.04. The summed E-state index contributed by atoms with van der Waals surface area (Å²) in [5.74, 6) is 5.81. The highest BCUT2D eigenvalue weighted by Crippen LogP contribution is 2.22. The van der Waals surface area contributed by atoms with E-state index in [0.717, 1.165) is 10.4 Å². The number of nitrogens with zero attached hydrogens (tertiary/aromatic N) is 1. The number of carbonyl (C=O) groups is 1. The Morgan fingerprint density at radius 3 is 2.95 bits per heavy atom. The van der Waals surface area contributed by atoms with Crippen molar-refractivity contribution in [2.75, 3.05) is 33.4 Å². The summed E-state index contributed by atoms with van der Waals surface area (Å²) in [5, 5.41) is 0. The van der Waals surface area contributed by atoms with Crippen LogP contribution in [0.5, 0.6) is 0 Å². The summed E-state index contributed by atoms with van der Waals surface area (Å²) in [4.78, 5) is 15.5. The lowest BCUT2D eigenvalue weighted by Gasteiger charge is -2.15. The van der Waals surface area contributed by atoms with Crippen LogP contribution in [-0.2, 0) is 4.74 Å². The van der Waals surface area contributed by atoms with Gasteiger partial charge in [-0.1, -0.05) is 11.8 Å². The molecule has 0 aliphatic carbocycles. The van der Waals surface area contributed by atoms with Crippen LogP contribution in [0.3, 0.4) is 0 Å². The molecule has 0 aliphatic heterocycles. The van der Waals surface area contributed by atoms with E-state index < -0.39 is 0 Å². The highest BCUT2D eigenvalue weighted by atomic mass is 32.1. The third kappa shape index (κ3) is 4.67. The zero-order valence-corrected chi connectivity index (χ0v) is 12.5. The SMILES string of the molecule is CCOCCN(C)C(=O)c1cc(C)c(C#CCN)s1. The van der Waals surface area contributed by atoms with Crippen LogP contribution in [0.1, 0.15) is 27.0 Å². The van der Waals surface area contributed by atoms with Crippen LogP contribution < -0.4 is 5.73 Å². The molecule has 0 radical (unpaired) electrons. The van der Waals surface area contributed by atoms with Crippen molar-refractivity contribution in [3.63, 3.8) is 0 Å². The van der Waals surface area contributed by atoms with Crippen LogP contribution in [-0.4, -0.2) is 44.2 Å². The van der Waals surface area contributed by atoms with Gasteiger partial charge in [0, 0.05) is 20.2 Å². The Kier molecular flexibility index (Phi) is 6.57. The summed E-state index contributed by atoms with van der Waals surface area (Å²) in [7, 11) is 1.78. The first kappa shape index (κ1) is 15.7. The molecule has 1 aromatic rings. The first-order valence-electron chi connectivity index (χ1n) is 6.22. The van der Waals surface area contributed by atoms with Crippen molar-refractivity contribution in [1.29, 1.82) is 0 Å². The van der Waals surface area contributed by atoms with Gasteiger partial charge >= 0.3 is 0 Å². The van der Waals surface area contributed by atoms with Gasteiger partial charge in [-0.25, -0.2) is 0 Å². The Bertz CT molecular complexity index is 485. The molecule has 0 aliphatic rings. The van der Waals surface area contributed by atoms with Crippen LogP contribution in [0.4, 0.5) is 0 Å². The molecule has 0 atom stereocenters. The van der Waals surface area contributed by atoms with Gasteiger partial charge in [0.15, 0.2) is 0 Å². The molecule has 1 heterocycles. The van der Waals surface area contributed by atoms with E-state index in [1.54, 1.807) is 11.9 Å². The van der Waals surface area contributed by atoms with E-state index >= 15 is 0 Å². The van der Waals surface area contributed by atoms with Crippen molar-refractivity contribution < 1.29 is 9.53 Å². The normalized spacial score (nSPS) is 9.89. The van der Waals surface area contributed by atoms with Crippen molar-refractivity contribution in [2.45, 2.75) is 13.8 Å². The lowest BCUT2D eigenvalue weighted by molar-refractivity contribution is 0.0714. The van der Waals surface area contributed by atoms with E-state index in [1.807, 2.05) is 19.9 Å². The minimum absolute atomic E-state index is 0.00796. The Labute approximate surface area is 118 Å². The summed E-state index contributed by atoms with van der Waals surface area (Å²) >= 11 is 1.41. The molecule has 0 saturated heterocycles. The number of rotatable bonds is 5.